The second kappa shape index (κ2) is 11.2. The van der Waals surface area contributed by atoms with Gasteiger partial charge in [-0.05, 0) is 61.9 Å². The molecule has 7 heteroatoms. The summed E-state index contributed by atoms with van der Waals surface area (Å²) in [4.78, 5) is 15.1. The van der Waals surface area contributed by atoms with E-state index in [4.69, 9.17) is 9.15 Å². The Morgan fingerprint density at radius 2 is 1.62 bits per heavy atom. The smallest absolute Gasteiger partial charge is 0.342 e. The van der Waals surface area contributed by atoms with Crippen molar-refractivity contribution in [1.29, 1.82) is 0 Å². The molecule has 1 aromatic heterocycles. The number of nitrogens with one attached hydrogen (secondary N) is 1. The number of ether oxygens (including phenoxy) is 1. The molecule has 40 heavy (non-hydrogen) atoms. The van der Waals surface area contributed by atoms with Crippen molar-refractivity contribution in [3.05, 3.63) is 108 Å². The highest BCUT2D eigenvalue weighted by atomic mass is 19.1. The van der Waals surface area contributed by atoms with Crippen molar-refractivity contribution in [1.82, 2.24) is 0 Å². The average molecular weight is 539 g/mol. The van der Waals surface area contributed by atoms with Crippen molar-refractivity contribution in [2.24, 2.45) is 0 Å². The molecular weight excluding hydrogens is 507 g/mol. The fourth-order valence-electron chi connectivity index (χ4n) is 4.88. The van der Waals surface area contributed by atoms with Crippen LogP contribution in [-0.2, 0) is 4.74 Å². The number of likely N-dealkylation sites (N-methyl/N-ethyl adjacent to an activating group) is 1. The first-order chi connectivity index (χ1) is 19.3. The highest BCUT2D eigenvalue weighted by Crippen LogP contribution is 2.40. The predicted molar refractivity (Wildman–Crippen MR) is 157 cm³/mol. The number of benzene rings is 4. The van der Waals surface area contributed by atoms with Gasteiger partial charge >= 0.3 is 5.97 Å². The number of hydrogen-bond acceptors (Lipinski definition) is 6. The molecule has 0 amide bonds. The highest BCUT2D eigenvalue weighted by molar-refractivity contribution is 6.11. The quantitative estimate of drug-likeness (QED) is 0.151. The molecule has 1 heterocycles. The second-order valence-electron chi connectivity index (χ2n) is 9.88. The van der Waals surface area contributed by atoms with Gasteiger partial charge in [-0.25, -0.2) is 9.18 Å². The molecule has 0 aliphatic carbocycles. The van der Waals surface area contributed by atoms with Gasteiger partial charge in [0.05, 0.1) is 13.2 Å². The first-order valence-electron chi connectivity index (χ1n) is 13.1. The van der Waals surface area contributed by atoms with Crippen LogP contribution in [0.15, 0.2) is 101 Å². The zero-order chi connectivity index (χ0) is 28.3. The summed E-state index contributed by atoms with van der Waals surface area (Å²) in [6.07, 6.45) is 0. The van der Waals surface area contributed by atoms with Gasteiger partial charge in [-0.2, -0.15) is 0 Å². The normalized spacial score (nSPS) is 12.6. The third kappa shape index (κ3) is 5.70. The number of furan rings is 1. The summed E-state index contributed by atoms with van der Waals surface area (Å²) in [7, 11) is 1.92. The number of carbonyl (C=O) groups excluding carboxylic acids is 1. The van der Waals surface area contributed by atoms with Crippen LogP contribution in [-0.4, -0.2) is 37.0 Å². The summed E-state index contributed by atoms with van der Waals surface area (Å²) in [5, 5.41) is 15.3. The summed E-state index contributed by atoms with van der Waals surface area (Å²) in [6.45, 7) is 3.93. The molecule has 1 unspecified atom stereocenters. The summed E-state index contributed by atoms with van der Waals surface area (Å²) in [5.41, 5.74) is 3.16. The zero-order valence-electron chi connectivity index (χ0n) is 22.6. The lowest BCUT2D eigenvalue weighted by Gasteiger charge is -2.32. The highest BCUT2D eigenvalue weighted by Gasteiger charge is 2.28. The number of halogens is 1. The number of para-hydroxylation sites is 1. The molecule has 0 saturated carbocycles. The Morgan fingerprint density at radius 3 is 2.27 bits per heavy atom. The van der Waals surface area contributed by atoms with E-state index < -0.39 is 17.5 Å². The molecule has 0 aliphatic heterocycles. The van der Waals surface area contributed by atoms with Gasteiger partial charge < -0.3 is 24.5 Å². The lowest BCUT2D eigenvalue weighted by Crippen LogP contribution is -2.45. The topological polar surface area (TPSA) is 74.9 Å². The first-order valence-corrected chi connectivity index (χ1v) is 13.1. The van der Waals surface area contributed by atoms with E-state index in [1.807, 2.05) is 78.7 Å². The maximum Gasteiger partial charge on any atom is 0.342 e. The molecule has 0 aliphatic rings. The molecule has 1 atom stereocenters. The van der Waals surface area contributed by atoms with Crippen LogP contribution in [0.25, 0.3) is 33.4 Å². The van der Waals surface area contributed by atoms with Crippen molar-refractivity contribution in [3.63, 3.8) is 0 Å². The minimum absolute atomic E-state index is 0.192. The molecule has 204 valence electrons. The molecule has 5 aromatic rings. The molecule has 5 rings (SSSR count). The molecular formula is C33H31FN2O4. The number of hydrogen-bond donors (Lipinski definition) is 2. The van der Waals surface area contributed by atoms with Gasteiger partial charge in [0.15, 0.2) is 0 Å². The monoisotopic (exact) mass is 538 g/mol. The van der Waals surface area contributed by atoms with Crippen LogP contribution >= 0.6 is 0 Å². The van der Waals surface area contributed by atoms with Crippen LogP contribution < -0.4 is 10.2 Å². The summed E-state index contributed by atoms with van der Waals surface area (Å²) >= 11 is 0. The summed E-state index contributed by atoms with van der Waals surface area (Å²) < 4.78 is 25.3. The largest absolute Gasteiger partial charge is 0.462 e. The average Bonchev–Trinajstić information content (AvgIpc) is 3.32. The Balaban J connectivity index is 1.64. The lowest BCUT2D eigenvalue weighted by atomic mass is 9.98. The van der Waals surface area contributed by atoms with Crippen LogP contribution in [0.3, 0.4) is 0 Å². The number of carbonyl (C=O) groups is 1. The van der Waals surface area contributed by atoms with Gasteiger partial charge in [-0.3, -0.25) is 0 Å². The number of anilines is 2. The molecule has 6 nitrogen and oxygen atoms in total. The third-order valence-corrected chi connectivity index (χ3v) is 6.64. The molecule has 0 radical (unpaired) electrons. The Hall–Kier alpha value is -4.62. The molecule has 0 saturated heterocycles. The van der Waals surface area contributed by atoms with E-state index in [2.05, 4.69) is 5.32 Å². The van der Waals surface area contributed by atoms with Gasteiger partial charge in [0.2, 0.25) is 0 Å². The molecule has 0 bridgehead atoms. The van der Waals surface area contributed by atoms with Crippen LogP contribution in [0.5, 0.6) is 0 Å². The SMILES string of the molecule is CCOC(=O)c1c(-c2ccc(F)cc2)oc2cc(NC(C)(O)CN(C)c3ccccc3)c(-c3ccccc3)cc12. The van der Waals surface area contributed by atoms with E-state index in [0.29, 0.717) is 28.0 Å². The van der Waals surface area contributed by atoms with E-state index in [-0.39, 0.29) is 18.7 Å². The Bertz CT molecular complexity index is 1610. The maximum absolute atomic E-state index is 13.7. The van der Waals surface area contributed by atoms with E-state index in [0.717, 1.165) is 16.8 Å². The van der Waals surface area contributed by atoms with Crippen molar-refractivity contribution in [3.8, 4) is 22.5 Å². The third-order valence-electron chi connectivity index (χ3n) is 6.64. The summed E-state index contributed by atoms with van der Waals surface area (Å²) in [5.74, 6) is -0.630. The summed E-state index contributed by atoms with van der Waals surface area (Å²) in [6, 6.07) is 28.9. The van der Waals surface area contributed by atoms with Crippen LogP contribution in [0, 0.1) is 5.82 Å². The lowest BCUT2D eigenvalue weighted by molar-refractivity contribution is 0.0528. The van der Waals surface area contributed by atoms with Crippen LogP contribution in [0.4, 0.5) is 15.8 Å². The number of aliphatic hydroxyl groups is 1. The minimum Gasteiger partial charge on any atom is -0.462 e. The number of fused-ring (bicyclic) bond motifs is 1. The number of esters is 1. The van der Waals surface area contributed by atoms with Crippen molar-refractivity contribution in [2.75, 3.05) is 30.4 Å². The van der Waals surface area contributed by atoms with Gasteiger partial charge in [0.25, 0.3) is 0 Å². The molecule has 4 aromatic carbocycles. The van der Waals surface area contributed by atoms with E-state index in [1.54, 1.807) is 32.0 Å². The fourth-order valence-corrected chi connectivity index (χ4v) is 4.88. The Labute approximate surface area is 232 Å². The number of nitrogens with zero attached hydrogens (tertiary/aromatic N) is 1. The molecule has 0 fully saturated rings. The predicted octanol–water partition coefficient (Wildman–Crippen LogP) is 7.34. The Kier molecular flexibility index (Phi) is 7.58. The van der Waals surface area contributed by atoms with Crippen LogP contribution in [0.2, 0.25) is 0 Å². The van der Waals surface area contributed by atoms with Crippen molar-refractivity contribution in [2.45, 2.75) is 19.6 Å². The van der Waals surface area contributed by atoms with Crippen LogP contribution in [0.1, 0.15) is 24.2 Å². The van der Waals surface area contributed by atoms with E-state index in [9.17, 15) is 14.3 Å². The van der Waals surface area contributed by atoms with E-state index >= 15 is 0 Å². The van der Waals surface area contributed by atoms with Crippen molar-refractivity contribution < 1.29 is 23.4 Å². The fraction of sp³-hybridized carbons (Fsp3) is 0.182. The number of rotatable bonds is 9. The molecule has 0 spiro atoms. The van der Waals surface area contributed by atoms with E-state index in [1.165, 1.54) is 12.1 Å². The van der Waals surface area contributed by atoms with Gasteiger partial charge in [-0.15, -0.1) is 0 Å². The zero-order valence-corrected chi connectivity index (χ0v) is 22.6. The van der Waals surface area contributed by atoms with Crippen molar-refractivity contribution >= 4 is 28.3 Å². The maximum atomic E-state index is 13.7. The minimum atomic E-state index is -1.34. The Morgan fingerprint density at radius 1 is 0.975 bits per heavy atom. The van der Waals surface area contributed by atoms with Gasteiger partial charge in [0, 0.05) is 41.0 Å². The van der Waals surface area contributed by atoms with Gasteiger partial charge in [0.1, 0.15) is 28.4 Å². The second-order valence-corrected chi connectivity index (χ2v) is 9.88. The molecule has 2 N–H and O–H groups in total. The van der Waals surface area contributed by atoms with Gasteiger partial charge in [-0.1, -0.05) is 48.5 Å². The first kappa shape index (κ1) is 27.0. The standard InChI is InChI=1S/C33H31FN2O4/c1-4-39-32(37)30-27-19-26(22-11-7-5-8-12-22)28(20-29(27)40-31(30)23-15-17-24(34)18-16-23)35-33(2,38)21-36(3)25-13-9-6-10-14-25/h5-20,35,38H,4,21H2,1-3H3.